The van der Waals surface area contributed by atoms with E-state index in [1.807, 2.05) is 18.5 Å². The van der Waals surface area contributed by atoms with Crippen LogP contribution in [0.5, 0.6) is 0 Å². The van der Waals surface area contributed by atoms with Crippen LogP contribution in [0, 0.1) is 0 Å². The van der Waals surface area contributed by atoms with Gasteiger partial charge in [-0.25, -0.2) is 0 Å². The van der Waals surface area contributed by atoms with E-state index in [0.29, 0.717) is 19.1 Å². The summed E-state index contributed by atoms with van der Waals surface area (Å²) in [4.78, 5) is 17.6. The minimum absolute atomic E-state index is 0.170. The lowest BCUT2D eigenvalue weighted by Gasteiger charge is -2.35. The van der Waals surface area contributed by atoms with Crippen LogP contribution in [0.25, 0.3) is 0 Å². The Morgan fingerprint density at radius 3 is 3.10 bits per heavy atom. The van der Waals surface area contributed by atoms with Gasteiger partial charge in [0.05, 0.1) is 13.1 Å². The molecule has 1 aromatic rings. The molecule has 5 heteroatoms. The van der Waals surface area contributed by atoms with Crippen LogP contribution in [0.3, 0.4) is 0 Å². The van der Waals surface area contributed by atoms with Crippen LogP contribution < -0.4 is 0 Å². The Kier molecular flexibility index (Phi) is 6.01. The number of nitrogens with zero attached hydrogens (tertiary/aromatic N) is 2. The Morgan fingerprint density at radius 2 is 2.40 bits per heavy atom. The maximum Gasteiger partial charge on any atom is 0.236 e. The lowest BCUT2D eigenvalue weighted by molar-refractivity contribution is -0.132. The highest BCUT2D eigenvalue weighted by atomic mass is 32.1. The molecule has 4 nitrogen and oxygen atoms in total. The molecule has 20 heavy (non-hydrogen) atoms. The molecular weight excluding hydrogens is 272 g/mol. The molecule has 0 spiro atoms. The zero-order valence-corrected chi connectivity index (χ0v) is 12.9. The Balaban J connectivity index is 1.85. The molecule has 1 aromatic heterocycles. The number of amides is 1. The first-order valence-corrected chi connectivity index (χ1v) is 8.20. The van der Waals surface area contributed by atoms with Crippen LogP contribution in [0.2, 0.25) is 0 Å². The summed E-state index contributed by atoms with van der Waals surface area (Å²) in [7, 11) is 1.87. The van der Waals surface area contributed by atoms with Crippen molar-refractivity contribution in [1.29, 1.82) is 0 Å². The highest BCUT2D eigenvalue weighted by Gasteiger charge is 2.24. The van der Waals surface area contributed by atoms with Gasteiger partial charge in [-0.2, -0.15) is 0 Å². The molecule has 1 atom stereocenters. The summed E-state index contributed by atoms with van der Waals surface area (Å²) in [6.07, 6.45) is 4.24. The van der Waals surface area contributed by atoms with E-state index in [1.54, 1.807) is 16.2 Å². The molecule has 0 saturated carbocycles. The average molecular weight is 296 g/mol. The van der Waals surface area contributed by atoms with E-state index in [1.165, 1.54) is 11.3 Å². The van der Waals surface area contributed by atoms with Crippen molar-refractivity contribution in [2.24, 2.45) is 0 Å². The van der Waals surface area contributed by atoms with Crippen LogP contribution in [-0.4, -0.2) is 53.6 Å². The molecule has 0 aliphatic carbocycles. The monoisotopic (exact) mass is 296 g/mol. The summed E-state index contributed by atoms with van der Waals surface area (Å²) < 4.78 is 0. The van der Waals surface area contributed by atoms with E-state index < -0.39 is 0 Å². The Bertz CT molecular complexity index is 406. The fraction of sp³-hybridized carbons (Fsp3) is 0.667. The molecule has 0 radical (unpaired) electrons. The molecule has 1 aliphatic rings. The maximum atomic E-state index is 12.3. The molecule has 1 amide bonds. The third kappa shape index (κ3) is 4.30. The van der Waals surface area contributed by atoms with E-state index in [0.717, 1.165) is 25.8 Å². The van der Waals surface area contributed by atoms with Crippen LogP contribution in [0.1, 0.15) is 30.6 Å². The molecule has 1 saturated heterocycles. The van der Waals surface area contributed by atoms with Crippen molar-refractivity contribution >= 4 is 17.2 Å². The van der Waals surface area contributed by atoms with Gasteiger partial charge in [0.1, 0.15) is 0 Å². The smallest absolute Gasteiger partial charge is 0.236 e. The summed E-state index contributed by atoms with van der Waals surface area (Å²) in [5.41, 5.74) is 0. The first-order valence-electron chi connectivity index (χ1n) is 7.32. The molecule has 1 unspecified atom stereocenters. The molecule has 2 rings (SSSR count). The minimum Gasteiger partial charge on any atom is -0.396 e. The van der Waals surface area contributed by atoms with Crippen molar-refractivity contribution in [3.8, 4) is 0 Å². The maximum absolute atomic E-state index is 12.3. The number of carbonyl (C=O) groups excluding carboxylic acids is 1. The van der Waals surface area contributed by atoms with E-state index in [-0.39, 0.29) is 12.5 Å². The standard InChI is InChI=1S/C15H24N2O2S/c1-16(11-14-6-4-10-20-14)15(19)12-17-8-3-2-5-13(17)7-9-18/h4,6,10,13,18H,2-3,5,7-9,11-12H2,1H3. The van der Waals surface area contributed by atoms with Crippen LogP contribution in [0.15, 0.2) is 17.5 Å². The molecule has 2 heterocycles. The Hall–Kier alpha value is -0.910. The number of likely N-dealkylation sites (tertiary alicyclic amines) is 1. The third-order valence-electron chi connectivity index (χ3n) is 3.95. The number of aliphatic hydroxyl groups is 1. The van der Waals surface area contributed by atoms with Crippen LogP contribution >= 0.6 is 11.3 Å². The number of hydrogen-bond donors (Lipinski definition) is 1. The first kappa shape index (κ1) is 15.5. The van der Waals surface area contributed by atoms with Gasteiger partial charge in [0.25, 0.3) is 0 Å². The largest absolute Gasteiger partial charge is 0.396 e. The van der Waals surface area contributed by atoms with Crippen molar-refractivity contribution < 1.29 is 9.90 Å². The lowest BCUT2D eigenvalue weighted by Crippen LogP contribution is -2.46. The van der Waals surface area contributed by atoms with E-state index >= 15 is 0 Å². The topological polar surface area (TPSA) is 43.8 Å². The highest BCUT2D eigenvalue weighted by molar-refractivity contribution is 7.09. The number of piperidine rings is 1. The lowest BCUT2D eigenvalue weighted by atomic mass is 9.99. The normalized spacial score (nSPS) is 20.0. The van der Waals surface area contributed by atoms with Gasteiger partial charge in [0.2, 0.25) is 5.91 Å². The van der Waals surface area contributed by atoms with Crippen molar-refractivity contribution in [3.63, 3.8) is 0 Å². The summed E-state index contributed by atoms with van der Waals surface area (Å²) in [5, 5.41) is 11.2. The summed E-state index contributed by atoms with van der Waals surface area (Å²) in [5.74, 6) is 0.170. The fourth-order valence-electron chi connectivity index (χ4n) is 2.76. The quantitative estimate of drug-likeness (QED) is 0.872. The number of rotatable bonds is 6. The molecule has 1 fully saturated rings. The zero-order chi connectivity index (χ0) is 14.4. The zero-order valence-electron chi connectivity index (χ0n) is 12.1. The van der Waals surface area contributed by atoms with Gasteiger partial charge >= 0.3 is 0 Å². The second-order valence-electron chi connectivity index (χ2n) is 5.46. The number of likely N-dealkylation sites (N-methyl/N-ethyl adjacent to an activating group) is 1. The minimum atomic E-state index is 0.170. The average Bonchev–Trinajstić information content (AvgIpc) is 2.94. The molecular formula is C15H24N2O2S. The van der Waals surface area contributed by atoms with Gasteiger partial charge in [0, 0.05) is 24.6 Å². The molecule has 0 bridgehead atoms. The van der Waals surface area contributed by atoms with Crippen molar-refractivity contribution in [1.82, 2.24) is 9.80 Å². The fourth-order valence-corrected chi connectivity index (χ4v) is 3.52. The van der Waals surface area contributed by atoms with Gasteiger partial charge in [-0.05, 0) is 37.3 Å². The van der Waals surface area contributed by atoms with E-state index in [9.17, 15) is 4.79 Å². The third-order valence-corrected chi connectivity index (χ3v) is 4.81. The number of aliphatic hydroxyl groups excluding tert-OH is 1. The van der Waals surface area contributed by atoms with Crippen molar-refractivity contribution in [2.45, 2.75) is 38.3 Å². The summed E-state index contributed by atoms with van der Waals surface area (Å²) in [6.45, 7) is 2.35. The molecule has 0 aromatic carbocycles. The van der Waals surface area contributed by atoms with Gasteiger partial charge < -0.3 is 10.0 Å². The number of thiophene rings is 1. The van der Waals surface area contributed by atoms with Gasteiger partial charge in [-0.15, -0.1) is 11.3 Å². The van der Waals surface area contributed by atoms with Crippen molar-refractivity contribution in [2.75, 3.05) is 26.7 Å². The number of hydrogen-bond acceptors (Lipinski definition) is 4. The first-order chi connectivity index (χ1) is 9.70. The SMILES string of the molecule is CN(Cc1cccs1)C(=O)CN1CCCCC1CCO. The second-order valence-corrected chi connectivity index (χ2v) is 6.49. The van der Waals surface area contributed by atoms with Gasteiger partial charge in [-0.1, -0.05) is 12.5 Å². The molecule has 1 aliphatic heterocycles. The van der Waals surface area contributed by atoms with Crippen LogP contribution in [-0.2, 0) is 11.3 Å². The highest BCUT2D eigenvalue weighted by Crippen LogP contribution is 2.19. The second kappa shape index (κ2) is 7.76. The predicted molar refractivity (Wildman–Crippen MR) is 81.7 cm³/mol. The predicted octanol–water partition coefficient (Wildman–Crippen LogP) is 1.94. The molecule has 112 valence electrons. The van der Waals surface area contributed by atoms with Gasteiger partial charge in [-0.3, -0.25) is 9.69 Å². The Morgan fingerprint density at radius 1 is 1.55 bits per heavy atom. The Labute approximate surface area is 125 Å². The van der Waals surface area contributed by atoms with Gasteiger partial charge in [0.15, 0.2) is 0 Å². The van der Waals surface area contributed by atoms with E-state index in [2.05, 4.69) is 11.0 Å². The summed E-state index contributed by atoms with van der Waals surface area (Å²) >= 11 is 1.68. The van der Waals surface area contributed by atoms with E-state index in [4.69, 9.17) is 5.11 Å². The van der Waals surface area contributed by atoms with Crippen molar-refractivity contribution in [3.05, 3.63) is 22.4 Å². The number of carbonyl (C=O) groups is 1. The molecule has 1 N–H and O–H groups in total. The van der Waals surface area contributed by atoms with Crippen LogP contribution in [0.4, 0.5) is 0 Å². The summed E-state index contributed by atoms with van der Waals surface area (Å²) in [6, 6.07) is 4.44.